The van der Waals surface area contributed by atoms with E-state index in [1.54, 1.807) is 26.4 Å². The van der Waals surface area contributed by atoms with E-state index in [1.165, 1.54) is 22.7 Å². The number of thiophene rings is 1. The first-order valence-electron chi connectivity index (χ1n) is 6.08. The van der Waals surface area contributed by atoms with Crippen LogP contribution >= 0.6 is 22.7 Å². The number of carbonyl (C=O) groups is 1. The highest BCUT2D eigenvalue weighted by Crippen LogP contribution is 2.36. The van der Waals surface area contributed by atoms with Crippen molar-refractivity contribution in [2.24, 2.45) is 0 Å². The number of fused-ring (bicyclic) bond motifs is 1. The SMILES string of the molecule is COc1cc2nc(NC(=O)c3cccs3)sc2cc1OC. The van der Waals surface area contributed by atoms with Gasteiger partial charge in [-0.2, -0.15) is 0 Å². The molecule has 0 radical (unpaired) electrons. The molecule has 0 spiro atoms. The molecular weight excluding hydrogens is 308 g/mol. The summed E-state index contributed by atoms with van der Waals surface area (Å²) in [6.07, 6.45) is 0. The molecule has 0 fully saturated rings. The summed E-state index contributed by atoms with van der Waals surface area (Å²) < 4.78 is 11.4. The first-order valence-corrected chi connectivity index (χ1v) is 7.78. The lowest BCUT2D eigenvalue weighted by atomic mass is 10.3. The molecule has 0 atom stereocenters. The summed E-state index contributed by atoms with van der Waals surface area (Å²) in [6.45, 7) is 0. The Bertz CT molecular complexity index is 740. The number of thiazole rings is 1. The molecule has 2 aromatic heterocycles. The van der Waals surface area contributed by atoms with Crippen molar-refractivity contribution in [3.63, 3.8) is 0 Å². The third-order valence-electron chi connectivity index (χ3n) is 2.86. The summed E-state index contributed by atoms with van der Waals surface area (Å²) in [5.41, 5.74) is 0.763. The average Bonchev–Trinajstić information content (AvgIpc) is 3.14. The van der Waals surface area contributed by atoms with Gasteiger partial charge in [-0.15, -0.1) is 11.3 Å². The van der Waals surface area contributed by atoms with Crippen molar-refractivity contribution in [3.05, 3.63) is 34.5 Å². The first kappa shape index (κ1) is 13.8. The van der Waals surface area contributed by atoms with Crippen LogP contribution in [-0.4, -0.2) is 25.1 Å². The van der Waals surface area contributed by atoms with Crippen LogP contribution in [0.4, 0.5) is 5.13 Å². The fourth-order valence-corrected chi connectivity index (χ4v) is 3.37. The van der Waals surface area contributed by atoms with Crippen LogP contribution < -0.4 is 14.8 Å². The van der Waals surface area contributed by atoms with E-state index < -0.39 is 0 Å². The summed E-state index contributed by atoms with van der Waals surface area (Å²) in [7, 11) is 3.17. The number of nitrogens with zero attached hydrogens (tertiary/aromatic N) is 1. The third kappa shape index (κ3) is 2.70. The van der Waals surface area contributed by atoms with Crippen molar-refractivity contribution in [3.8, 4) is 11.5 Å². The normalized spacial score (nSPS) is 10.6. The Morgan fingerprint density at radius 3 is 2.67 bits per heavy atom. The van der Waals surface area contributed by atoms with E-state index >= 15 is 0 Å². The summed E-state index contributed by atoms with van der Waals surface area (Å²) in [4.78, 5) is 17.1. The first-order chi connectivity index (χ1) is 10.2. The fourth-order valence-electron chi connectivity index (χ4n) is 1.88. The van der Waals surface area contributed by atoms with Gasteiger partial charge in [-0.25, -0.2) is 4.98 Å². The van der Waals surface area contributed by atoms with Crippen LogP contribution in [0.1, 0.15) is 9.67 Å². The maximum absolute atomic E-state index is 12.0. The third-order valence-corrected chi connectivity index (χ3v) is 4.66. The van der Waals surface area contributed by atoms with Gasteiger partial charge in [0, 0.05) is 12.1 Å². The van der Waals surface area contributed by atoms with Gasteiger partial charge in [-0.1, -0.05) is 17.4 Å². The van der Waals surface area contributed by atoms with E-state index in [-0.39, 0.29) is 5.91 Å². The second-order valence-corrected chi connectivity index (χ2v) is 6.10. The number of anilines is 1. The van der Waals surface area contributed by atoms with Gasteiger partial charge < -0.3 is 9.47 Å². The molecule has 5 nitrogen and oxygen atoms in total. The molecule has 1 aromatic carbocycles. The zero-order valence-corrected chi connectivity index (χ0v) is 13.0. The van der Waals surface area contributed by atoms with Crippen LogP contribution in [0.5, 0.6) is 11.5 Å². The van der Waals surface area contributed by atoms with Crippen LogP contribution in [-0.2, 0) is 0 Å². The molecule has 1 N–H and O–H groups in total. The van der Waals surface area contributed by atoms with Gasteiger partial charge in [0.15, 0.2) is 16.6 Å². The molecule has 0 unspecified atom stereocenters. The highest BCUT2D eigenvalue weighted by Gasteiger charge is 2.13. The monoisotopic (exact) mass is 320 g/mol. The van der Waals surface area contributed by atoms with E-state index in [1.807, 2.05) is 17.5 Å². The molecule has 0 aliphatic carbocycles. The molecule has 3 aromatic rings. The van der Waals surface area contributed by atoms with Gasteiger partial charge >= 0.3 is 0 Å². The van der Waals surface area contributed by atoms with Crippen LogP contribution in [0, 0.1) is 0 Å². The number of benzene rings is 1. The van der Waals surface area contributed by atoms with Crippen LogP contribution in [0.2, 0.25) is 0 Å². The lowest BCUT2D eigenvalue weighted by Crippen LogP contribution is -2.09. The number of nitrogens with one attached hydrogen (secondary N) is 1. The smallest absolute Gasteiger partial charge is 0.267 e. The number of ether oxygens (including phenoxy) is 2. The molecule has 108 valence electrons. The van der Waals surface area contributed by atoms with Crippen molar-refractivity contribution < 1.29 is 14.3 Å². The zero-order valence-electron chi connectivity index (χ0n) is 11.4. The number of aromatic nitrogens is 1. The van der Waals surface area contributed by atoms with Gasteiger partial charge in [0.2, 0.25) is 0 Å². The van der Waals surface area contributed by atoms with Crippen molar-refractivity contribution in [2.45, 2.75) is 0 Å². The van der Waals surface area contributed by atoms with Gasteiger partial charge in [-0.05, 0) is 11.4 Å². The number of hydrogen-bond donors (Lipinski definition) is 1. The predicted molar refractivity (Wildman–Crippen MR) is 85.0 cm³/mol. The summed E-state index contributed by atoms with van der Waals surface area (Å²) >= 11 is 2.79. The van der Waals surface area contributed by atoms with Gasteiger partial charge in [0.25, 0.3) is 5.91 Å². The summed E-state index contributed by atoms with van der Waals surface area (Å²) in [5, 5.41) is 5.22. The van der Waals surface area contributed by atoms with Crippen LogP contribution in [0.25, 0.3) is 10.2 Å². The Labute approximate surface area is 129 Å². The Kier molecular flexibility index (Phi) is 3.76. The second-order valence-electron chi connectivity index (χ2n) is 4.13. The van der Waals surface area contributed by atoms with Crippen molar-refractivity contribution >= 4 is 43.9 Å². The molecule has 7 heteroatoms. The van der Waals surface area contributed by atoms with Crippen LogP contribution in [0.15, 0.2) is 29.6 Å². The molecule has 0 aliphatic rings. The molecule has 3 rings (SSSR count). The Morgan fingerprint density at radius 2 is 2.00 bits per heavy atom. The highest BCUT2D eigenvalue weighted by atomic mass is 32.1. The zero-order chi connectivity index (χ0) is 14.8. The minimum atomic E-state index is -0.150. The van der Waals surface area contributed by atoms with Gasteiger partial charge in [0.05, 0.1) is 29.3 Å². The number of carbonyl (C=O) groups excluding carboxylic acids is 1. The standard InChI is InChI=1S/C14H12N2O3S2/c1-18-9-6-8-12(7-10(9)19-2)21-14(15-8)16-13(17)11-4-3-5-20-11/h3-7H,1-2H3,(H,15,16,17). The molecule has 0 saturated carbocycles. The topological polar surface area (TPSA) is 60.5 Å². The van der Waals surface area contributed by atoms with Crippen LogP contribution in [0.3, 0.4) is 0 Å². The largest absolute Gasteiger partial charge is 0.493 e. The molecular formula is C14H12N2O3S2. The number of methoxy groups -OCH3 is 2. The Morgan fingerprint density at radius 1 is 1.24 bits per heavy atom. The number of rotatable bonds is 4. The van der Waals surface area contributed by atoms with E-state index in [4.69, 9.17) is 9.47 Å². The molecule has 1 amide bonds. The molecule has 0 aliphatic heterocycles. The Balaban J connectivity index is 1.92. The lowest BCUT2D eigenvalue weighted by Gasteiger charge is -2.05. The maximum Gasteiger partial charge on any atom is 0.267 e. The van der Waals surface area contributed by atoms with E-state index in [2.05, 4.69) is 10.3 Å². The molecule has 21 heavy (non-hydrogen) atoms. The summed E-state index contributed by atoms with van der Waals surface area (Å²) in [6, 6.07) is 7.27. The Hall–Kier alpha value is -2.12. The van der Waals surface area contributed by atoms with E-state index in [9.17, 15) is 4.79 Å². The quantitative estimate of drug-likeness (QED) is 0.797. The molecule has 2 heterocycles. The van der Waals surface area contributed by atoms with Crippen molar-refractivity contribution in [2.75, 3.05) is 19.5 Å². The minimum absolute atomic E-state index is 0.150. The van der Waals surface area contributed by atoms with Gasteiger partial charge in [-0.3, -0.25) is 10.1 Å². The number of hydrogen-bond acceptors (Lipinski definition) is 6. The minimum Gasteiger partial charge on any atom is -0.493 e. The number of amides is 1. The second kappa shape index (κ2) is 5.71. The van der Waals surface area contributed by atoms with E-state index in [0.717, 1.165) is 10.2 Å². The predicted octanol–water partition coefficient (Wildman–Crippen LogP) is 3.63. The molecule has 0 bridgehead atoms. The van der Waals surface area contributed by atoms with E-state index in [0.29, 0.717) is 21.5 Å². The van der Waals surface area contributed by atoms with Gasteiger partial charge in [0.1, 0.15) is 0 Å². The highest BCUT2D eigenvalue weighted by molar-refractivity contribution is 7.22. The van der Waals surface area contributed by atoms with Crippen molar-refractivity contribution in [1.82, 2.24) is 4.98 Å². The maximum atomic E-state index is 12.0. The fraction of sp³-hybridized carbons (Fsp3) is 0.143. The lowest BCUT2D eigenvalue weighted by molar-refractivity contribution is 0.103. The average molecular weight is 320 g/mol. The molecule has 0 saturated heterocycles. The summed E-state index contributed by atoms with van der Waals surface area (Å²) in [5.74, 6) is 1.11. The van der Waals surface area contributed by atoms with Crippen molar-refractivity contribution in [1.29, 1.82) is 0 Å².